The Balaban J connectivity index is 1.62. The average molecular weight is 387 g/mol. The van der Waals surface area contributed by atoms with Crippen LogP contribution in [-0.4, -0.2) is 25.1 Å². The SMILES string of the molecule is FC(F)(F)c1ccc(CCC2(CCn3ccnc3)SCCCS2)cc1. The monoisotopic (exact) mass is 386 g/mol. The first-order valence-electron chi connectivity index (χ1n) is 8.37. The van der Waals surface area contributed by atoms with Crippen LogP contribution in [0.3, 0.4) is 0 Å². The minimum atomic E-state index is -4.26. The molecule has 0 saturated carbocycles. The largest absolute Gasteiger partial charge is 0.416 e. The molecule has 2 nitrogen and oxygen atoms in total. The van der Waals surface area contributed by atoms with Gasteiger partial charge < -0.3 is 4.57 Å². The molecule has 1 aliphatic heterocycles. The van der Waals surface area contributed by atoms with Crippen molar-refractivity contribution in [1.29, 1.82) is 0 Å². The molecule has 7 heteroatoms. The fraction of sp³-hybridized carbons (Fsp3) is 0.500. The lowest BCUT2D eigenvalue weighted by Crippen LogP contribution is -2.27. The number of alkyl halides is 3. The molecule has 2 heterocycles. The van der Waals surface area contributed by atoms with E-state index in [1.807, 2.05) is 36.0 Å². The van der Waals surface area contributed by atoms with Gasteiger partial charge in [-0.05, 0) is 54.9 Å². The molecular formula is C18H21F3N2S2. The summed E-state index contributed by atoms with van der Waals surface area (Å²) < 4.78 is 40.3. The van der Waals surface area contributed by atoms with Crippen LogP contribution in [0.5, 0.6) is 0 Å². The zero-order valence-electron chi connectivity index (χ0n) is 13.8. The molecule has 0 bridgehead atoms. The third-order valence-corrected chi connectivity index (χ3v) is 7.97. The molecule has 1 fully saturated rings. The summed E-state index contributed by atoms with van der Waals surface area (Å²) in [4.78, 5) is 4.09. The Morgan fingerprint density at radius 3 is 2.40 bits per heavy atom. The number of imidazole rings is 1. The number of aromatic nitrogens is 2. The van der Waals surface area contributed by atoms with Gasteiger partial charge in [0, 0.05) is 18.9 Å². The van der Waals surface area contributed by atoms with Crippen LogP contribution >= 0.6 is 23.5 Å². The van der Waals surface area contributed by atoms with E-state index in [9.17, 15) is 13.2 Å². The number of halogens is 3. The molecule has 0 amide bonds. The highest BCUT2D eigenvalue weighted by Gasteiger charge is 2.33. The van der Waals surface area contributed by atoms with Gasteiger partial charge in [0.15, 0.2) is 0 Å². The number of nitrogens with zero attached hydrogens (tertiary/aromatic N) is 2. The second kappa shape index (κ2) is 8.08. The molecule has 1 saturated heterocycles. The maximum atomic E-state index is 12.7. The Morgan fingerprint density at radius 1 is 1.08 bits per heavy atom. The number of rotatable bonds is 6. The van der Waals surface area contributed by atoms with Crippen molar-refractivity contribution in [2.24, 2.45) is 0 Å². The first kappa shape index (κ1) is 18.7. The Hall–Kier alpha value is -1.08. The molecule has 0 N–H and O–H groups in total. The standard InChI is InChI=1S/C18H21F3N2S2/c19-18(20,21)16-4-2-15(3-5-16)6-7-17(24-12-1-13-25-17)8-10-23-11-9-22-14-23/h2-5,9,11,14H,1,6-8,10,12-13H2. The highest BCUT2D eigenvalue weighted by Crippen LogP contribution is 2.48. The summed E-state index contributed by atoms with van der Waals surface area (Å²) in [5.41, 5.74) is 0.397. The second-order valence-corrected chi connectivity index (χ2v) is 9.42. The molecule has 0 atom stereocenters. The van der Waals surface area contributed by atoms with Gasteiger partial charge in [-0.15, -0.1) is 23.5 Å². The van der Waals surface area contributed by atoms with E-state index in [4.69, 9.17) is 0 Å². The summed E-state index contributed by atoms with van der Waals surface area (Å²) in [5.74, 6) is 2.31. The molecule has 1 aromatic carbocycles. The van der Waals surface area contributed by atoms with E-state index in [0.29, 0.717) is 0 Å². The van der Waals surface area contributed by atoms with Crippen LogP contribution in [0, 0.1) is 0 Å². The van der Waals surface area contributed by atoms with E-state index in [1.54, 1.807) is 18.3 Å². The molecule has 25 heavy (non-hydrogen) atoms. The van der Waals surface area contributed by atoms with Gasteiger partial charge in [0.25, 0.3) is 0 Å². The Kier molecular flexibility index (Phi) is 6.04. The molecule has 0 spiro atoms. The maximum Gasteiger partial charge on any atom is 0.416 e. The first-order valence-corrected chi connectivity index (χ1v) is 10.3. The highest BCUT2D eigenvalue weighted by atomic mass is 32.2. The van der Waals surface area contributed by atoms with E-state index in [2.05, 4.69) is 9.55 Å². The smallest absolute Gasteiger partial charge is 0.337 e. The quantitative estimate of drug-likeness (QED) is 0.654. The van der Waals surface area contributed by atoms with Crippen molar-refractivity contribution < 1.29 is 13.2 Å². The third-order valence-electron chi connectivity index (χ3n) is 4.40. The predicted molar refractivity (Wildman–Crippen MR) is 98.9 cm³/mol. The van der Waals surface area contributed by atoms with Crippen molar-refractivity contribution in [3.63, 3.8) is 0 Å². The summed E-state index contributed by atoms with van der Waals surface area (Å²) in [6, 6.07) is 5.61. The van der Waals surface area contributed by atoms with Gasteiger partial charge in [0.2, 0.25) is 0 Å². The summed E-state index contributed by atoms with van der Waals surface area (Å²) in [6.07, 6.45) is 5.38. The van der Waals surface area contributed by atoms with Gasteiger partial charge >= 0.3 is 6.18 Å². The van der Waals surface area contributed by atoms with Crippen molar-refractivity contribution in [1.82, 2.24) is 9.55 Å². The maximum absolute atomic E-state index is 12.7. The van der Waals surface area contributed by atoms with E-state index in [1.165, 1.54) is 18.6 Å². The van der Waals surface area contributed by atoms with Gasteiger partial charge in [-0.3, -0.25) is 0 Å². The Labute approximate surface area is 154 Å². The minimum absolute atomic E-state index is 0.144. The van der Waals surface area contributed by atoms with Crippen LogP contribution < -0.4 is 0 Å². The first-order chi connectivity index (χ1) is 12.0. The molecule has 0 radical (unpaired) electrons. The van der Waals surface area contributed by atoms with Gasteiger partial charge in [-0.25, -0.2) is 4.98 Å². The van der Waals surface area contributed by atoms with E-state index >= 15 is 0 Å². The van der Waals surface area contributed by atoms with Crippen LogP contribution in [0.1, 0.15) is 30.4 Å². The van der Waals surface area contributed by atoms with Crippen molar-refractivity contribution in [3.05, 3.63) is 54.1 Å². The summed E-state index contributed by atoms with van der Waals surface area (Å²) >= 11 is 4.02. The lowest BCUT2D eigenvalue weighted by molar-refractivity contribution is -0.137. The van der Waals surface area contributed by atoms with Gasteiger partial charge in [-0.2, -0.15) is 13.2 Å². The fourth-order valence-electron chi connectivity index (χ4n) is 2.94. The molecule has 3 rings (SSSR count). The van der Waals surface area contributed by atoms with Crippen molar-refractivity contribution in [3.8, 4) is 0 Å². The zero-order valence-corrected chi connectivity index (χ0v) is 15.5. The van der Waals surface area contributed by atoms with Gasteiger partial charge in [0.05, 0.1) is 16.0 Å². The van der Waals surface area contributed by atoms with Crippen LogP contribution in [-0.2, 0) is 19.1 Å². The number of thioether (sulfide) groups is 2. The number of aryl methyl sites for hydroxylation is 2. The summed E-state index contributed by atoms with van der Waals surface area (Å²) in [5, 5.41) is 0. The molecule has 1 aromatic heterocycles. The van der Waals surface area contributed by atoms with Gasteiger partial charge in [0.1, 0.15) is 0 Å². The highest BCUT2D eigenvalue weighted by molar-refractivity contribution is 8.18. The van der Waals surface area contributed by atoms with Crippen molar-refractivity contribution >= 4 is 23.5 Å². The molecule has 136 valence electrons. The third kappa shape index (κ3) is 5.20. The van der Waals surface area contributed by atoms with E-state index < -0.39 is 11.7 Å². The summed E-state index contributed by atoms with van der Waals surface area (Å²) in [6.45, 7) is 0.924. The molecule has 2 aromatic rings. The number of hydrogen-bond acceptors (Lipinski definition) is 3. The van der Waals surface area contributed by atoms with Gasteiger partial charge in [-0.1, -0.05) is 12.1 Å². The fourth-order valence-corrected chi connectivity index (χ4v) is 6.25. The normalized spacial score (nSPS) is 17.6. The Morgan fingerprint density at radius 2 is 1.80 bits per heavy atom. The van der Waals surface area contributed by atoms with E-state index in [0.717, 1.165) is 42.9 Å². The molecular weight excluding hydrogens is 365 g/mol. The second-order valence-electron chi connectivity index (χ2n) is 6.21. The van der Waals surface area contributed by atoms with Crippen LogP contribution in [0.4, 0.5) is 13.2 Å². The van der Waals surface area contributed by atoms with E-state index in [-0.39, 0.29) is 4.08 Å². The molecule has 1 aliphatic rings. The summed E-state index contributed by atoms with van der Waals surface area (Å²) in [7, 11) is 0. The lowest BCUT2D eigenvalue weighted by atomic mass is 10.0. The zero-order chi connectivity index (χ0) is 17.8. The van der Waals surface area contributed by atoms with Crippen LogP contribution in [0.25, 0.3) is 0 Å². The topological polar surface area (TPSA) is 17.8 Å². The average Bonchev–Trinajstić information content (AvgIpc) is 3.13. The molecule has 0 aliphatic carbocycles. The van der Waals surface area contributed by atoms with Crippen LogP contribution in [0.15, 0.2) is 43.0 Å². The van der Waals surface area contributed by atoms with Crippen molar-refractivity contribution in [2.75, 3.05) is 11.5 Å². The molecule has 0 unspecified atom stereocenters. The Bertz CT molecular complexity index is 648. The predicted octanol–water partition coefficient (Wildman–Crippen LogP) is 5.49. The number of benzene rings is 1. The van der Waals surface area contributed by atoms with Crippen molar-refractivity contribution in [2.45, 2.75) is 42.5 Å². The van der Waals surface area contributed by atoms with Crippen LogP contribution in [0.2, 0.25) is 0 Å². The number of hydrogen-bond donors (Lipinski definition) is 0. The minimum Gasteiger partial charge on any atom is -0.337 e. The lowest BCUT2D eigenvalue weighted by Gasteiger charge is -2.36.